The summed E-state index contributed by atoms with van der Waals surface area (Å²) in [6, 6.07) is 15.1. The van der Waals surface area contributed by atoms with E-state index in [1.807, 2.05) is 32.0 Å². The predicted molar refractivity (Wildman–Crippen MR) is 139 cm³/mol. The molecule has 0 radical (unpaired) electrons. The number of thiazole rings is 1. The molecule has 1 atom stereocenters. The number of carbonyl (C=O) groups excluding carboxylic acids is 2. The molecule has 1 aliphatic heterocycles. The summed E-state index contributed by atoms with van der Waals surface area (Å²) in [6.07, 6.45) is 1.59. The maximum Gasteiger partial charge on any atom is 0.301 e. The molecular weight excluding hydrogens is 530 g/mol. The van der Waals surface area contributed by atoms with Gasteiger partial charge in [0.1, 0.15) is 17.6 Å². The Morgan fingerprint density at radius 2 is 2.00 bits per heavy atom. The Hall–Kier alpha value is -3.56. The van der Waals surface area contributed by atoms with Gasteiger partial charge in [-0.15, -0.1) is 0 Å². The van der Waals surface area contributed by atoms with E-state index in [0.717, 1.165) is 14.7 Å². The zero-order chi connectivity index (χ0) is 24.7. The van der Waals surface area contributed by atoms with E-state index in [4.69, 9.17) is 4.74 Å². The van der Waals surface area contributed by atoms with Gasteiger partial charge in [-0.1, -0.05) is 39.4 Å². The van der Waals surface area contributed by atoms with Crippen LogP contribution in [0, 0.1) is 6.92 Å². The van der Waals surface area contributed by atoms with E-state index in [0.29, 0.717) is 34.3 Å². The summed E-state index contributed by atoms with van der Waals surface area (Å²) in [5.74, 6) is -1.10. The Labute approximate surface area is 213 Å². The lowest BCUT2D eigenvalue weighted by Crippen LogP contribution is -2.29. The second-order valence-corrected chi connectivity index (χ2v) is 9.81. The summed E-state index contributed by atoms with van der Waals surface area (Å²) >= 11 is 4.73. The number of Topliss-reactive ketones (excluding diaryl/α,β-unsaturated/α-hetero) is 1. The quantitative estimate of drug-likeness (QED) is 0.192. The number of fused-ring (bicyclic) bond motifs is 1. The molecule has 1 unspecified atom stereocenters. The summed E-state index contributed by atoms with van der Waals surface area (Å²) in [5.41, 5.74) is 2.43. The number of hydrogen-bond donors (Lipinski definition) is 1. The van der Waals surface area contributed by atoms with Crippen molar-refractivity contribution in [2.24, 2.45) is 0 Å². The molecule has 2 aromatic carbocycles. The SMILES string of the molecule is CCOc1ccc2nc(N3C(=O)C(=O)/C(=C(/O)c4ccc(Br)c(C)c4)C3c3ccccn3)sc2c1. The highest BCUT2D eigenvalue weighted by atomic mass is 79.9. The molecule has 0 saturated carbocycles. The third-order valence-electron chi connectivity index (χ3n) is 5.71. The Bertz CT molecular complexity index is 1500. The molecule has 1 amide bonds. The van der Waals surface area contributed by atoms with Gasteiger partial charge in [0.2, 0.25) is 0 Å². The first-order valence-corrected chi connectivity index (χ1v) is 12.5. The molecule has 1 saturated heterocycles. The number of anilines is 1. The van der Waals surface area contributed by atoms with E-state index < -0.39 is 17.7 Å². The average Bonchev–Trinajstić information content (AvgIpc) is 3.39. The Kier molecular flexibility index (Phi) is 6.12. The zero-order valence-corrected chi connectivity index (χ0v) is 21.3. The average molecular weight is 550 g/mol. The van der Waals surface area contributed by atoms with Gasteiger partial charge in [-0.2, -0.15) is 0 Å². The van der Waals surface area contributed by atoms with E-state index in [9.17, 15) is 14.7 Å². The van der Waals surface area contributed by atoms with E-state index in [1.165, 1.54) is 16.2 Å². The highest BCUT2D eigenvalue weighted by Gasteiger charge is 2.48. The number of halogens is 1. The van der Waals surface area contributed by atoms with Gasteiger partial charge < -0.3 is 9.84 Å². The molecule has 2 aromatic heterocycles. The van der Waals surface area contributed by atoms with Gasteiger partial charge >= 0.3 is 5.91 Å². The molecule has 0 aliphatic carbocycles. The number of aliphatic hydroxyl groups excluding tert-OH is 1. The lowest BCUT2D eigenvalue weighted by Gasteiger charge is -2.22. The topological polar surface area (TPSA) is 92.6 Å². The van der Waals surface area contributed by atoms with Crippen molar-refractivity contribution >= 4 is 60.1 Å². The van der Waals surface area contributed by atoms with Crippen molar-refractivity contribution in [3.05, 3.63) is 87.7 Å². The van der Waals surface area contributed by atoms with Crippen LogP contribution in [0.5, 0.6) is 5.75 Å². The highest BCUT2D eigenvalue weighted by Crippen LogP contribution is 2.44. The van der Waals surface area contributed by atoms with Crippen LogP contribution in [-0.2, 0) is 9.59 Å². The van der Waals surface area contributed by atoms with Gasteiger partial charge in [-0.25, -0.2) is 4.98 Å². The van der Waals surface area contributed by atoms with Crippen LogP contribution < -0.4 is 9.64 Å². The summed E-state index contributed by atoms with van der Waals surface area (Å²) in [4.78, 5) is 37.0. The number of nitrogens with zero attached hydrogens (tertiary/aromatic N) is 3. The number of aliphatic hydroxyl groups is 1. The zero-order valence-electron chi connectivity index (χ0n) is 18.9. The van der Waals surface area contributed by atoms with Crippen molar-refractivity contribution in [1.29, 1.82) is 0 Å². The van der Waals surface area contributed by atoms with Crippen molar-refractivity contribution in [1.82, 2.24) is 9.97 Å². The molecule has 176 valence electrons. The minimum atomic E-state index is -0.924. The van der Waals surface area contributed by atoms with E-state index in [-0.39, 0.29) is 11.3 Å². The summed E-state index contributed by atoms with van der Waals surface area (Å²) in [6.45, 7) is 4.32. The second kappa shape index (κ2) is 9.24. The minimum Gasteiger partial charge on any atom is -0.507 e. The standard InChI is InChI=1S/C26H20BrN3O4S/c1-3-34-16-8-10-18-20(13-16)35-26(29-18)30-22(19-6-4-5-11-28-19)21(24(32)25(30)33)23(31)15-7-9-17(27)14(2)12-15/h4-13,22,31H,3H2,1-2H3/b23-21+. The number of amides is 1. The predicted octanol–water partition coefficient (Wildman–Crippen LogP) is 5.79. The molecule has 9 heteroatoms. The van der Waals surface area contributed by atoms with Crippen molar-refractivity contribution in [3.8, 4) is 5.75 Å². The molecule has 3 heterocycles. The number of carbonyl (C=O) groups is 2. The molecule has 1 aliphatic rings. The smallest absolute Gasteiger partial charge is 0.301 e. The van der Waals surface area contributed by atoms with E-state index in [1.54, 1.807) is 42.6 Å². The fourth-order valence-electron chi connectivity index (χ4n) is 4.05. The van der Waals surface area contributed by atoms with Crippen LogP contribution in [0.2, 0.25) is 0 Å². The van der Waals surface area contributed by atoms with E-state index in [2.05, 4.69) is 25.9 Å². The van der Waals surface area contributed by atoms with Crippen molar-refractivity contribution in [2.45, 2.75) is 19.9 Å². The number of benzene rings is 2. The maximum atomic E-state index is 13.3. The first-order chi connectivity index (χ1) is 16.9. The minimum absolute atomic E-state index is 0.0234. The molecule has 1 fully saturated rings. The normalized spacial score (nSPS) is 17.3. The van der Waals surface area contributed by atoms with Crippen LogP contribution in [0.15, 0.2) is 70.8 Å². The molecule has 5 rings (SSSR count). The monoisotopic (exact) mass is 549 g/mol. The van der Waals surface area contributed by atoms with Crippen molar-refractivity contribution in [2.75, 3.05) is 11.5 Å². The second-order valence-electron chi connectivity index (χ2n) is 7.95. The third-order valence-corrected chi connectivity index (χ3v) is 7.62. The fraction of sp³-hybridized carbons (Fsp3) is 0.154. The van der Waals surface area contributed by atoms with Crippen LogP contribution in [0.3, 0.4) is 0 Å². The van der Waals surface area contributed by atoms with Gasteiger partial charge in [0.05, 0.1) is 28.1 Å². The van der Waals surface area contributed by atoms with Gasteiger partial charge in [0, 0.05) is 16.2 Å². The van der Waals surface area contributed by atoms with E-state index >= 15 is 0 Å². The van der Waals surface area contributed by atoms with Gasteiger partial charge in [-0.3, -0.25) is 19.5 Å². The highest BCUT2D eigenvalue weighted by molar-refractivity contribution is 9.10. The van der Waals surface area contributed by atoms with Crippen molar-refractivity contribution in [3.63, 3.8) is 0 Å². The maximum absolute atomic E-state index is 13.3. The largest absolute Gasteiger partial charge is 0.507 e. The first kappa shape index (κ1) is 23.2. The lowest BCUT2D eigenvalue weighted by molar-refractivity contribution is -0.132. The summed E-state index contributed by atoms with van der Waals surface area (Å²) < 4.78 is 7.27. The van der Waals surface area contributed by atoms with Crippen LogP contribution in [0.4, 0.5) is 5.13 Å². The Balaban J connectivity index is 1.69. The van der Waals surface area contributed by atoms with Crippen LogP contribution in [0.1, 0.15) is 29.8 Å². The van der Waals surface area contributed by atoms with Gasteiger partial charge in [0.25, 0.3) is 5.78 Å². The van der Waals surface area contributed by atoms with Crippen LogP contribution in [-0.4, -0.2) is 33.4 Å². The number of aryl methyl sites for hydroxylation is 1. The van der Waals surface area contributed by atoms with Crippen LogP contribution in [0.25, 0.3) is 16.0 Å². The molecule has 0 bridgehead atoms. The number of ketones is 1. The molecule has 1 N–H and O–H groups in total. The molecule has 7 nitrogen and oxygen atoms in total. The Morgan fingerprint density at radius 1 is 1.17 bits per heavy atom. The van der Waals surface area contributed by atoms with Gasteiger partial charge in [-0.05, 0) is 61.9 Å². The van der Waals surface area contributed by atoms with Gasteiger partial charge in [0.15, 0.2) is 5.13 Å². The molecule has 4 aromatic rings. The fourth-order valence-corrected chi connectivity index (χ4v) is 5.31. The number of aromatic nitrogens is 2. The number of rotatable bonds is 5. The summed E-state index contributed by atoms with van der Waals surface area (Å²) in [5, 5.41) is 11.6. The summed E-state index contributed by atoms with van der Waals surface area (Å²) in [7, 11) is 0. The molecular formula is C26H20BrN3O4S. The number of hydrogen-bond acceptors (Lipinski definition) is 7. The third kappa shape index (κ3) is 4.11. The van der Waals surface area contributed by atoms with Crippen LogP contribution >= 0.6 is 27.3 Å². The first-order valence-electron chi connectivity index (χ1n) is 10.9. The Morgan fingerprint density at radius 3 is 2.71 bits per heavy atom. The lowest BCUT2D eigenvalue weighted by atomic mass is 9.98. The number of ether oxygens (including phenoxy) is 1. The number of pyridine rings is 1. The molecule has 0 spiro atoms. The molecule has 35 heavy (non-hydrogen) atoms. The van der Waals surface area contributed by atoms with Crippen molar-refractivity contribution < 1.29 is 19.4 Å².